The van der Waals surface area contributed by atoms with E-state index < -0.39 is 40.0 Å². The average Bonchev–Trinajstić information content (AvgIpc) is 3.29. The van der Waals surface area contributed by atoms with Gasteiger partial charge < -0.3 is 13.9 Å². The number of carbonyl (C=O) groups is 3. The highest BCUT2D eigenvalue weighted by Gasteiger charge is 2.26. The van der Waals surface area contributed by atoms with Crippen LogP contribution in [0.5, 0.6) is 0 Å². The van der Waals surface area contributed by atoms with Crippen LogP contribution in [0.3, 0.4) is 0 Å². The van der Waals surface area contributed by atoms with Gasteiger partial charge in [-0.15, -0.1) is 0 Å². The summed E-state index contributed by atoms with van der Waals surface area (Å²) in [5, 5.41) is 0. The second-order valence-corrected chi connectivity index (χ2v) is 9.03. The minimum atomic E-state index is -3.73. The number of amides is 1. The fourth-order valence-corrected chi connectivity index (χ4v) is 4.46. The Bertz CT molecular complexity index is 1240. The van der Waals surface area contributed by atoms with Gasteiger partial charge in [0.2, 0.25) is 5.76 Å². The van der Waals surface area contributed by atoms with E-state index in [0.29, 0.717) is 5.69 Å². The molecule has 178 valence electrons. The molecule has 9 nitrogen and oxygen atoms in total. The van der Waals surface area contributed by atoms with Crippen molar-refractivity contribution in [2.75, 3.05) is 24.7 Å². The third-order valence-corrected chi connectivity index (χ3v) is 6.35. The van der Waals surface area contributed by atoms with Crippen molar-refractivity contribution in [1.29, 1.82) is 0 Å². The van der Waals surface area contributed by atoms with Crippen LogP contribution in [0, 0.1) is 0 Å². The number of carbonyl (C=O) groups excluding carboxylic acids is 3. The Kier molecular flexibility index (Phi) is 8.20. The number of sulfone groups is 1. The standard InChI is InChI=1S/C24H23NO8S/c1-2-31-22(27)15-25(19-9-5-3-6-10-19)21(26)16-33-24(28)23-18(13-14-32-23)17-34(29,30)20-11-7-4-8-12-20/h3-14H,2,15-17H2,1H3. The zero-order valence-electron chi connectivity index (χ0n) is 18.4. The van der Waals surface area contributed by atoms with E-state index in [-0.39, 0.29) is 29.4 Å². The summed E-state index contributed by atoms with van der Waals surface area (Å²) in [7, 11) is -3.73. The molecular formula is C24H23NO8S. The summed E-state index contributed by atoms with van der Waals surface area (Å²) in [6.45, 7) is 0.735. The Labute approximate surface area is 196 Å². The molecule has 3 rings (SSSR count). The molecule has 0 saturated carbocycles. The monoisotopic (exact) mass is 485 g/mol. The highest BCUT2D eigenvalue weighted by atomic mass is 32.2. The molecule has 0 N–H and O–H groups in total. The van der Waals surface area contributed by atoms with Crippen molar-refractivity contribution in [3.63, 3.8) is 0 Å². The Balaban J connectivity index is 1.69. The fraction of sp³-hybridized carbons (Fsp3) is 0.208. The summed E-state index contributed by atoms with van der Waals surface area (Å²) in [6, 6.07) is 17.5. The van der Waals surface area contributed by atoms with Gasteiger partial charge in [-0.25, -0.2) is 13.2 Å². The van der Waals surface area contributed by atoms with Crippen LogP contribution in [0.4, 0.5) is 5.69 Å². The largest absolute Gasteiger partial charge is 0.465 e. The van der Waals surface area contributed by atoms with Crippen LogP contribution in [0.2, 0.25) is 0 Å². The van der Waals surface area contributed by atoms with E-state index in [4.69, 9.17) is 13.9 Å². The summed E-state index contributed by atoms with van der Waals surface area (Å²) in [6.07, 6.45) is 1.17. The van der Waals surface area contributed by atoms with Gasteiger partial charge in [-0.05, 0) is 37.3 Å². The number of anilines is 1. The van der Waals surface area contributed by atoms with Gasteiger partial charge in [0.15, 0.2) is 16.4 Å². The number of hydrogen-bond acceptors (Lipinski definition) is 8. The summed E-state index contributed by atoms with van der Waals surface area (Å²) in [5.41, 5.74) is 0.525. The van der Waals surface area contributed by atoms with E-state index in [2.05, 4.69) is 0 Å². The van der Waals surface area contributed by atoms with Crippen LogP contribution in [0.15, 0.2) is 82.3 Å². The number of nitrogens with zero attached hydrogens (tertiary/aromatic N) is 1. The third-order valence-electron chi connectivity index (χ3n) is 4.67. The number of ether oxygens (including phenoxy) is 2. The summed E-state index contributed by atoms with van der Waals surface area (Å²) in [5.74, 6) is -3.09. The molecule has 0 aliphatic rings. The lowest BCUT2D eigenvalue weighted by Gasteiger charge is -2.21. The molecule has 1 heterocycles. The van der Waals surface area contributed by atoms with E-state index >= 15 is 0 Å². The summed E-state index contributed by atoms with van der Waals surface area (Å²) >= 11 is 0. The second-order valence-electron chi connectivity index (χ2n) is 7.04. The maximum absolute atomic E-state index is 12.8. The van der Waals surface area contributed by atoms with Crippen molar-refractivity contribution in [1.82, 2.24) is 0 Å². The maximum Gasteiger partial charge on any atom is 0.375 e. The predicted molar refractivity (Wildman–Crippen MR) is 122 cm³/mol. The van der Waals surface area contributed by atoms with Crippen molar-refractivity contribution in [3.05, 3.63) is 84.3 Å². The Hall–Kier alpha value is -3.92. The average molecular weight is 486 g/mol. The maximum atomic E-state index is 12.8. The lowest BCUT2D eigenvalue weighted by Crippen LogP contribution is -2.39. The molecule has 3 aromatic rings. The van der Waals surface area contributed by atoms with Gasteiger partial charge in [0.1, 0.15) is 6.54 Å². The first-order valence-electron chi connectivity index (χ1n) is 10.3. The molecule has 0 radical (unpaired) electrons. The third kappa shape index (κ3) is 6.32. The Morgan fingerprint density at radius 1 is 0.912 bits per heavy atom. The van der Waals surface area contributed by atoms with E-state index in [0.717, 1.165) is 4.90 Å². The highest BCUT2D eigenvalue weighted by Crippen LogP contribution is 2.21. The lowest BCUT2D eigenvalue weighted by molar-refractivity contribution is -0.142. The molecule has 0 atom stereocenters. The Morgan fingerprint density at radius 3 is 2.21 bits per heavy atom. The molecule has 0 unspecified atom stereocenters. The number of esters is 2. The fourth-order valence-electron chi connectivity index (χ4n) is 3.08. The van der Waals surface area contributed by atoms with Gasteiger partial charge in [0.05, 0.1) is 23.5 Å². The molecule has 0 spiro atoms. The number of para-hydroxylation sites is 1. The zero-order valence-corrected chi connectivity index (χ0v) is 19.2. The molecule has 1 amide bonds. The molecular weight excluding hydrogens is 462 g/mol. The molecule has 2 aromatic carbocycles. The molecule has 10 heteroatoms. The van der Waals surface area contributed by atoms with Gasteiger partial charge in [0.25, 0.3) is 5.91 Å². The minimum Gasteiger partial charge on any atom is -0.465 e. The SMILES string of the molecule is CCOC(=O)CN(C(=O)COC(=O)c1occc1CS(=O)(=O)c1ccccc1)c1ccccc1. The van der Waals surface area contributed by atoms with Gasteiger partial charge in [-0.1, -0.05) is 36.4 Å². The van der Waals surface area contributed by atoms with Crippen LogP contribution < -0.4 is 4.90 Å². The number of furan rings is 1. The van der Waals surface area contributed by atoms with Gasteiger partial charge in [-0.2, -0.15) is 0 Å². The highest BCUT2D eigenvalue weighted by molar-refractivity contribution is 7.90. The zero-order chi connectivity index (χ0) is 24.6. The Morgan fingerprint density at radius 2 is 1.56 bits per heavy atom. The van der Waals surface area contributed by atoms with Gasteiger partial charge in [-0.3, -0.25) is 14.5 Å². The van der Waals surface area contributed by atoms with Gasteiger partial charge >= 0.3 is 11.9 Å². The van der Waals surface area contributed by atoms with Crippen LogP contribution in [0.1, 0.15) is 23.0 Å². The molecule has 0 bridgehead atoms. The van der Waals surface area contributed by atoms with Crippen LogP contribution in [-0.2, 0) is 34.7 Å². The number of hydrogen-bond donors (Lipinski definition) is 0. The van der Waals surface area contributed by atoms with Crippen molar-refractivity contribution in [3.8, 4) is 0 Å². The molecule has 34 heavy (non-hydrogen) atoms. The van der Waals surface area contributed by atoms with Crippen LogP contribution >= 0.6 is 0 Å². The van der Waals surface area contributed by atoms with Crippen LogP contribution in [-0.4, -0.2) is 46.0 Å². The smallest absolute Gasteiger partial charge is 0.375 e. The van der Waals surface area contributed by atoms with Crippen molar-refractivity contribution < 1.29 is 36.7 Å². The first-order chi connectivity index (χ1) is 16.3. The minimum absolute atomic E-state index is 0.100. The van der Waals surface area contributed by atoms with E-state index in [1.54, 1.807) is 55.5 Å². The molecule has 0 aliphatic heterocycles. The lowest BCUT2D eigenvalue weighted by atomic mass is 10.2. The topological polar surface area (TPSA) is 120 Å². The first kappa shape index (κ1) is 24.7. The quantitative estimate of drug-likeness (QED) is 0.402. The molecule has 0 saturated heterocycles. The van der Waals surface area contributed by atoms with E-state index in [1.165, 1.54) is 24.5 Å². The number of rotatable bonds is 10. The van der Waals surface area contributed by atoms with Crippen LogP contribution in [0.25, 0.3) is 0 Å². The van der Waals surface area contributed by atoms with Crippen molar-refractivity contribution >= 4 is 33.4 Å². The second kappa shape index (κ2) is 11.3. The van der Waals surface area contributed by atoms with E-state index in [1.807, 2.05) is 0 Å². The van der Waals surface area contributed by atoms with Gasteiger partial charge in [0, 0.05) is 11.3 Å². The predicted octanol–water partition coefficient (Wildman–Crippen LogP) is 3.01. The molecule has 1 aromatic heterocycles. The molecule has 0 aliphatic carbocycles. The normalized spacial score (nSPS) is 11.0. The van der Waals surface area contributed by atoms with Crippen molar-refractivity contribution in [2.24, 2.45) is 0 Å². The molecule has 0 fully saturated rings. The van der Waals surface area contributed by atoms with E-state index in [9.17, 15) is 22.8 Å². The summed E-state index contributed by atoms with van der Waals surface area (Å²) < 4.78 is 40.4. The number of benzene rings is 2. The van der Waals surface area contributed by atoms with Crippen molar-refractivity contribution in [2.45, 2.75) is 17.6 Å². The first-order valence-corrected chi connectivity index (χ1v) is 12.0. The summed E-state index contributed by atoms with van der Waals surface area (Å²) in [4.78, 5) is 38.5.